The number of carbonyl (C=O) groups is 2. The van der Waals surface area contributed by atoms with E-state index in [2.05, 4.69) is 10.3 Å². The second-order valence-electron chi connectivity index (χ2n) is 9.03. The number of carboxylic acid groups (broad SMARTS) is 1. The molecule has 186 valence electrons. The van der Waals surface area contributed by atoms with Crippen molar-refractivity contribution < 1.29 is 19.4 Å². The van der Waals surface area contributed by atoms with E-state index in [0.29, 0.717) is 29.1 Å². The Morgan fingerprint density at radius 2 is 1.97 bits per heavy atom. The third kappa shape index (κ3) is 8.06. The third-order valence-electron chi connectivity index (χ3n) is 5.75. The van der Waals surface area contributed by atoms with Crippen molar-refractivity contribution in [3.8, 4) is 5.75 Å². The van der Waals surface area contributed by atoms with Crippen LogP contribution >= 0.6 is 34.7 Å². The number of ether oxygens (including phenoxy) is 1. The number of hydrogen-bond acceptors (Lipinski definition) is 6. The summed E-state index contributed by atoms with van der Waals surface area (Å²) in [5.74, 6) is 0.359. The molecule has 0 saturated heterocycles. The standard InChI is InChI=1S/C24H32ClN3O4S2/c1-24(2,21(29)30)16-33-20-15-26-22(34-20)27-23(31)28(18-7-4-3-5-8-18)13-6-14-32-19-11-9-17(25)10-12-19/h9-12,15,18H,3-8,13-14,16H2,1-2H3,(H,29,30)(H,26,27,31). The van der Waals surface area contributed by atoms with E-state index >= 15 is 0 Å². The molecule has 0 radical (unpaired) electrons. The highest BCUT2D eigenvalue weighted by molar-refractivity contribution is 8.01. The summed E-state index contributed by atoms with van der Waals surface area (Å²) in [7, 11) is 0. The van der Waals surface area contributed by atoms with Crippen LogP contribution in [-0.2, 0) is 4.79 Å². The molecule has 2 N–H and O–H groups in total. The number of carbonyl (C=O) groups excluding carboxylic acids is 1. The monoisotopic (exact) mass is 525 g/mol. The fraction of sp³-hybridized carbons (Fsp3) is 0.542. The van der Waals surface area contributed by atoms with Gasteiger partial charge in [-0.15, -0.1) is 11.8 Å². The number of anilines is 1. The van der Waals surface area contributed by atoms with Gasteiger partial charge in [0.25, 0.3) is 0 Å². The molecule has 34 heavy (non-hydrogen) atoms. The van der Waals surface area contributed by atoms with E-state index in [0.717, 1.165) is 42.1 Å². The summed E-state index contributed by atoms with van der Waals surface area (Å²) in [6, 6.07) is 7.33. The number of aromatic nitrogens is 1. The summed E-state index contributed by atoms with van der Waals surface area (Å²) in [6.07, 6.45) is 7.90. The van der Waals surface area contributed by atoms with Crippen molar-refractivity contribution in [1.82, 2.24) is 9.88 Å². The van der Waals surface area contributed by atoms with E-state index in [1.165, 1.54) is 29.5 Å². The van der Waals surface area contributed by atoms with Gasteiger partial charge in [-0.25, -0.2) is 9.78 Å². The Labute approximate surface area is 214 Å². The lowest BCUT2D eigenvalue weighted by Crippen LogP contribution is -2.44. The van der Waals surface area contributed by atoms with Gasteiger partial charge in [0, 0.05) is 23.4 Å². The van der Waals surface area contributed by atoms with Crippen LogP contribution in [0.4, 0.5) is 9.93 Å². The van der Waals surface area contributed by atoms with Crippen LogP contribution < -0.4 is 10.1 Å². The molecule has 1 aromatic carbocycles. The molecule has 0 atom stereocenters. The van der Waals surface area contributed by atoms with Crippen LogP contribution in [0.1, 0.15) is 52.4 Å². The molecule has 1 fully saturated rings. The molecular weight excluding hydrogens is 494 g/mol. The molecule has 0 bridgehead atoms. The lowest BCUT2D eigenvalue weighted by molar-refractivity contribution is -0.145. The second-order valence-corrected chi connectivity index (χ2v) is 11.8. The van der Waals surface area contributed by atoms with Gasteiger partial charge in [0.15, 0.2) is 5.13 Å². The van der Waals surface area contributed by atoms with E-state index in [-0.39, 0.29) is 12.1 Å². The van der Waals surface area contributed by atoms with Crippen molar-refractivity contribution in [3.05, 3.63) is 35.5 Å². The fourth-order valence-electron chi connectivity index (χ4n) is 3.66. The van der Waals surface area contributed by atoms with Crippen LogP contribution in [0.25, 0.3) is 0 Å². The number of nitrogens with zero attached hydrogens (tertiary/aromatic N) is 2. The maximum absolute atomic E-state index is 13.2. The topological polar surface area (TPSA) is 91.8 Å². The molecule has 2 aromatic rings. The molecule has 1 saturated carbocycles. The molecule has 1 aliphatic rings. The Kier molecular flexibility index (Phi) is 9.91. The predicted octanol–water partition coefficient (Wildman–Crippen LogP) is 6.64. The molecule has 0 spiro atoms. The Morgan fingerprint density at radius 3 is 2.65 bits per heavy atom. The third-order valence-corrected chi connectivity index (χ3v) is 8.57. The number of carboxylic acids is 1. The number of halogens is 1. The summed E-state index contributed by atoms with van der Waals surface area (Å²) in [4.78, 5) is 30.7. The zero-order chi connectivity index (χ0) is 24.6. The zero-order valence-electron chi connectivity index (χ0n) is 19.6. The van der Waals surface area contributed by atoms with E-state index in [9.17, 15) is 14.7 Å². The minimum absolute atomic E-state index is 0.143. The van der Waals surface area contributed by atoms with Gasteiger partial charge in [0.1, 0.15) is 5.75 Å². The Balaban J connectivity index is 1.54. The lowest BCUT2D eigenvalue weighted by Gasteiger charge is -2.34. The highest BCUT2D eigenvalue weighted by atomic mass is 35.5. The van der Waals surface area contributed by atoms with Crippen LogP contribution in [0.3, 0.4) is 0 Å². The number of hydrogen-bond donors (Lipinski definition) is 2. The molecule has 10 heteroatoms. The van der Waals surface area contributed by atoms with Gasteiger partial charge in [-0.3, -0.25) is 10.1 Å². The average Bonchev–Trinajstić information content (AvgIpc) is 3.26. The first-order chi connectivity index (χ1) is 16.2. The first-order valence-corrected chi connectivity index (χ1v) is 13.7. The Hall–Kier alpha value is -1.97. The van der Waals surface area contributed by atoms with Crippen molar-refractivity contribution >= 4 is 51.8 Å². The van der Waals surface area contributed by atoms with E-state index < -0.39 is 11.4 Å². The van der Waals surface area contributed by atoms with E-state index in [4.69, 9.17) is 16.3 Å². The number of thiazole rings is 1. The Bertz CT molecular complexity index is 946. The largest absolute Gasteiger partial charge is 0.494 e. The molecular formula is C24H32ClN3O4S2. The van der Waals surface area contributed by atoms with Gasteiger partial charge in [-0.05, 0) is 57.4 Å². The Morgan fingerprint density at radius 1 is 1.26 bits per heavy atom. The summed E-state index contributed by atoms with van der Waals surface area (Å²) < 4.78 is 6.68. The van der Waals surface area contributed by atoms with Crippen molar-refractivity contribution in [2.75, 3.05) is 24.2 Å². The molecule has 0 aliphatic heterocycles. The zero-order valence-corrected chi connectivity index (χ0v) is 22.0. The summed E-state index contributed by atoms with van der Waals surface area (Å²) >= 11 is 8.73. The van der Waals surface area contributed by atoms with Crippen molar-refractivity contribution in [3.63, 3.8) is 0 Å². The number of rotatable bonds is 11. The minimum Gasteiger partial charge on any atom is -0.494 e. The van der Waals surface area contributed by atoms with Crippen LogP contribution in [-0.4, -0.2) is 51.9 Å². The molecule has 1 aliphatic carbocycles. The first kappa shape index (κ1) is 26.6. The summed E-state index contributed by atoms with van der Waals surface area (Å²) in [5, 5.41) is 13.4. The smallest absolute Gasteiger partial charge is 0.323 e. The second kappa shape index (κ2) is 12.7. The molecule has 1 heterocycles. The van der Waals surface area contributed by atoms with Crippen molar-refractivity contribution in [1.29, 1.82) is 0 Å². The van der Waals surface area contributed by atoms with Gasteiger partial charge in [0.2, 0.25) is 0 Å². The minimum atomic E-state index is -0.832. The lowest BCUT2D eigenvalue weighted by atomic mass is 9.94. The quantitative estimate of drug-likeness (QED) is 0.252. The number of benzene rings is 1. The van der Waals surface area contributed by atoms with Gasteiger partial charge in [-0.1, -0.05) is 42.2 Å². The summed E-state index contributed by atoms with van der Waals surface area (Å²) in [5.41, 5.74) is -0.829. The SMILES string of the molecule is CC(C)(CSc1cnc(NC(=O)N(CCCOc2ccc(Cl)cc2)C2CCCCC2)s1)C(=O)O. The van der Waals surface area contributed by atoms with Gasteiger partial charge < -0.3 is 14.7 Å². The van der Waals surface area contributed by atoms with Crippen molar-refractivity contribution in [2.24, 2.45) is 5.41 Å². The fourth-order valence-corrected chi connectivity index (χ4v) is 5.73. The van der Waals surface area contributed by atoms with Crippen LogP contribution in [0.5, 0.6) is 5.75 Å². The molecule has 0 unspecified atom stereocenters. The maximum Gasteiger partial charge on any atom is 0.323 e. The predicted molar refractivity (Wildman–Crippen MR) is 138 cm³/mol. The molecule has 1 aromatic heterocycles. The highest BCUT2D eigenvalue weighted by Gasteiger charge is 2.28. The average molecular weight is 526 g/mol. The van der Waals surface area contributed by atoms with Crippen LogP contribution in [0.2, 0.25) is 5.02 Å². The van der Waals surface area contributed by atoms with E-state index in [1.54, 1.807) is 32.2 Å². The van der Waals surface area contributed by atoms with Crippen LogP contribution in [0.15, 0.2) is 34.7 Å². The maximum atomic E-state index is 13.2. The molecule has 3 rings (SSSR count). The normalized spacial score (nSPS) is 14.6. The number of nitrogens with one attached hydrogen (secondary N) is 1. The highest BCUT2D eigenvalue weighted by Crippen LogP contribution is 2.33. The first-order valence-electron chi connectivity index (χ1n) is 11.5. The van der Waals surface area contributed by atoms with E-state index in [1.807, 2.05) is 17.0 Å². The van der Waals surface area contributed by atoms with Gasteiger partial charge >= 0.3 is 12.0 Å². The van der Waals surface area contributed by atoms with Crippen molar-refractivity contribution in [2.45, 2.75) is 62.6 Å². The number of amides is 2. The molecule has 2 amide bonds. The molecule has 7 nitrogen and oxygen atoms in total. The number of aliphatic carboxylic acids is 1. The van der Waals surface area contributed by atoms with Gasteiger partial charge in [-0.2, -0.15) is 0 Å². The van der Waals surface area contributed by atoms with Crippen LogP contribution in [0, 0.1) is 5.41 Å². The number of urea groups is 1. The number of thioether (sulfide) groups is 1. The van der Waals surface area contributed by atoms with Gasteiger partial charge in [0.05, 0.1) is 22.4 Å². The summed E-state index contributed by atoms with van der Waals surface area (Å²) in [6.45, 7) is 4.51.